The number of hydrogen-bond donors (Lipinski definition) is 2. The van der Waals surface area contributed by atoms with Gasteiger partial charge in [0.15, 0.2) is 0 Å². The quantitative estimate of drug-likeness (QED) is 0.484. The molecule has 0 aliphatic carbocycles. The molecule has 0 saturated carbocycles. The maximum Gasteiger partial charge on any atom is 0.331 e. The Labute approximate surface area is 191 Å². The fraction of sp³-hybridized carbons (Fsp3) is 0.174. The van der Waals surface area contributed by atoms with Crippen LogP contribution in [0.2, 0.25) is 0 Å². The Morgan fingerprint density at radius 1 is 0.938 bits per heavy atom. The van der Waals surface area contributed by atoms with Crippen molar-refractivity contribution in [3.8, 4) is 0 Å². The number of fused-ring (bicyclic) bond motifs is 2. The summed E-state index contributed by atoms with van der Waals surface area (Å²) < 4.78 is 32.3. The van der Waals surface area contributed by atoms with Crippen LogP contribution in [0.1, 0.15) is 6.42 Å². The molecule has 0 spiro atoms. The number of methoxy groups -OCH3 is 1. The molecule has 4 rings (SSSR count). The highest BCUT2D eigenvalue weighted by atomic mass is 32.2. The molecule has 0 radical (unpaired) electrons. The minimum atomic E-state index is -3.62. The molecule has 7 nitrogen and oxygen atoms in total. The summed E-state index contributed by atoms with van der Waals surface area (Å²) in [5, 5.41) is 2.88. The predicted molar refractivity (Wildman–Crippen MR) is 126 cm³/mol. The molecule has 1 aliphatic rings. The van der Waals surface area contributed by atoms with Crippen molar-refractivity contribution >= 4 is 44.9 Å². The summed E-state index contributed by atoms with van der Waals surface area (Å²) in [6.07, 6.45) is 0.584. The second-order valence-electron chi connectivity index (χ2n) is 7.07. The van der Waals surface area contributed by atoms with Crippen LogP contribution in [0, 0.1) is 0 Å². The van der Waals surface area contributed by atoms with Crippen molar-refractivity contribution in [2.75, 3.05) is 30.5 Å². The van der Waals surface area contributed by atoms with E-state index in [1.54, 1.807) is 35.9 Å². The van der Waals surface area contributed by atoms with Gasteiger partial charge >= 0.3 is 6.03 Å². The van der Waals surface area contributed by atoms with Gasteiger partial charge in [-0.05, 0) is 55.0 Å². The lowest BCUT2D eigenvalue weighted by Crippen LogP contribution is -2.32. The van der Waals surface area contributed by atoms with Crippen molar-refractivity contribution in [2.45, 2.75) is 21.1 Å². The number of rotatable bonds is 7. The maximum atomic E-state index is 13.2. The molecule has 3 aromatic carbocycles. The van der Waals surface area contributed by atoms with Crippen molar-refractivity contribution in [1.82, 2.24) is 4.72 Å². The van der Waals surface area contributed by atoms with Gasteiger partial charge in [0.1, 0.15) is 0 Å². The fourth-order valence-electron chi connectivity index (χ4n) is 3.33. The smallest absolute Gasteiger partial charge is 0.331 e. The third-order valence-electron chi connectivity index (χ3n) is 4.87. The number of carbonyl (C=O) groups excluding carboxylic acids is 1. The highest BCUT2D eigenvalue weighted by Gasteiger charge is 2.28. The molecule has 166 valence electrons. The molecule has 0 fully saturated rings. The topological polar surface area (TPSA) is 87.7 Å². The van der Waals surface area contributed by atoms with Crippen molar-refractivity contribution in [3.63, 3.8) is 0 Å². The highest BCUT2D eigenvalue weighted by Crippen LogP contribution is 2.48. The predicted octanol–water partition coefficient (Wildman–Crippen LogP) is 4.84. The Bertz CT molecular complexity index is 1170. The molecule has 0 bridgehead atoms. The van der Waals surface area contributed by atoms with Gasteiger partial charge in [0.2, 0.25) is 10.0 Å². The van der Waals surface area contributed by atoms with Crippen LogP contribution in [0.3, 0.4) is 0 Å². The number of ether oxygens (including phenoxy) is 1. The SMILES string of the molecule is COCCCNS(=O)(=O)c1ccc(NC(=O)N2c3ccccc3Sc3ccccc32)cc1. The van der Waals surface area contributed by atoms with Crippen molar-refractivity contribution in [1.29, 1.82) is 0 Å². The minimum Gasteiger partial charge on any atom is -0.385 e. The average Bonchev–Trinajstić information content (AvgIpc) is 2.80. The van der Waals surface area contributed by atoms with Crippen LogP contribution in [0.4, 0.5) is 21.9 Å². The molecule has 3 aromatic rings. The first-order chi connectivity index (χ1) is 15.5. The Morgan fingerprint density at radius 3 is 2.12 bits per heavy atom. The zero-order valence-electron chi connectivity index (χ0n) is 17.4. The second kappa shape index (κ2) is 9.74. The van der Waals surface area contributed by atoms with E-state index in [1.807, 2.05) is 48.5 Å². The summed E-state index contributed by atoms with van der Waals surface area (Å²) >= 11 is 1.62. The Hall–Kier alpha value is -2.85. The molecule has 1 heterocycles. The first-order valence-electron chi connectivity index (χ1n) is 10.1. The summed E-state index contributed by atoms with van der Waals surface area (Å²) in [6.45, 7) is 0.773. The van der Waals surface area contributed by atoms with Crippen LogP contribution < -0.4 is 14.9 Å². The molecule has 2 amide bonds. The Kier molecular flexibility index (Phi) is 6.80. The molecule has 0 aromatic heterocycles. The first-order valence-corrected chi connectivity index (χ1v) is 12.4. The number of carbonyl (C=O) groups is 1. The summed E-state index contributed by atoms with van der Waals surface area (Å²) in [6, 6.07) is 21.2. The van der Waals surface area contributed by atoms with Crippen molar-refractivity contribution < 1.29 is 17.9 Å². The van der Waals surface area contributed by atoms with Gasteiger partial charge in [-0.1, -0.05) is 36.0 Å². The van der Waals surface area contributed by atoms with Gasteiger partial charge in [-0.2, -0.15) is 0 Å². The Balaban J connectivity index is 1.52. The molecule has 0 saturated heterocycles. The average molecular weight is 470 g/mol. The summed E-state index contributed by atoms with van der Waals surface area (Å²) in [7, 11) is -2.05. The lowest BCUT2D eigenvalue weighted by atomic mass is 10.2. The van der Waals surface area contributed by atoms with Crippen LogP contribution in [-0.2, 0) is 14.8 Å². The number of benzene rings is 3. The molecule has 1 aliphatic heterocycles. The van der Waals surface area contributed by atoms with Crippen LogP contribution in [0.5, 0.6) is 0 Å². The normalized spacial score (nSPS) is 12.7. The molecular weight excluding hydrogens is 446 g/mol. The molecule has 9 heteroatoms. The number of urea groups is 1. The molecule has 0 unspecified atom stereocenters. The van der Waals surface area contributed by atoms with Gasteiger partial charge in [-0.15, -0.1) is 0 Å². The molecule has 32 heavy (non-hydrogen) atoms. The first kappa shape index (κ1) is 22.3. The lowest BCUT2D eigenvalue weighted by Gasteiger charge is -2.31. The number of para-hydroxylation sites is 2. The van der Waals surface area contributed by atoms with Gasteiger partial charge in [0.25, 0.3) is 0 Å². The van der Waals surface area contributed by atoms with Crippen LogP contribution in [-0.4, -0.2) is 34.7 Å². The lowest BCUT2D eigenvalue weighted by molar-refractivity contribution is 0.196. The van der Waals surface area contributed by atoms with Crippen molar-refractivity contribution in [2.24, 2.45) is 0 Å². The molecular formula is C23H23N3O4S2. The van der Waals surface area contributed by atoms with E-state index in [2.05, 4.69) is 10.0 Å². The number of hydrogen-bond acceptors (Lipinski definition) is 5. The Morgan fingerprint density at radius 2 is 1.53 bits per heavy atom. The standard InChI is InChI=1S/C23H23N3O4S2/c1-30-16-6-15-24-32(28,29)18-13-11-17(12-14-18)25-23(27)26-19-7-2-4-9-21(19)31-22-10-5-3-8-20(22)26/h2-5,7-14,24H,6,15-16H2,1H3,(H,25,27). The van der Waals surface area contributed by atoms with E-state index in [0.717, 1.165) is 21.2 Å². The van der Waals surface area contributed by atoms with Crippen LogP contribution in [0.25, 0.3) is 0 Å². The van der Waals surface area contributed by atoms with E-state index in [1.165, 1.54) is 12.1 Å². The third kappa shape index (κ3) is 4.81. The van der Waals surface area contributed by atoms with E-state index < -0.39 is 10.0 Å². The second-order valence-corrected chi connectivity index (χ2v) is 9.92. The van der Waals surface area contributed by atoms with Gasteiger partial charge < -0.3 is 10.1 Å². The summed E-state index contributed by atoms with van der Waals surface area (Å²) in [5.41, 5.74) is 2.10. The largest absolute Gasteiger partial charge is 0.385 e. The van der Waals surface area contributed by atoms with E-state index in [0.29, 0.717) is 25.3 Å². The zero-order valence-corrected chi connectivity index (χ0v) is 19.1. The minimum absolute atomic E-state index is 0.137. The number of amides is 2. The van der Waals surface area contributed by atoms with Crippen LogP contribution >= 0.6 is 11.8 Å². The van der Waals surface area contributed by atoms with E-state index in [4.69, 9.17) is 4.74 Å². The summed E-state index contributed by atoms with van der Waals surface area (Å²) in [4.78, 5) is 17.0. The number of anilines is 3. The molecule has 2 N–H and O–H groups in total. The van der Waals surface area contributed by atoms with Crippen molar-refractivity contribution in [3.05, 3.63) is 72.8 Å². The van der Waals surface area contributed by atoms with E-state index in [-0.39, 0.29) is 10.9 Å². The van der Waals surface area contributed by atoms with E-state index >= 15 is 0 Å². The van der Waals surface area contributed by atoms with Gasteiger partial charge in [0.05, 0.1) is 16.3 Å². The van der Waals surface area contributed by atoms with E-state index in [9.17, 15) is 13.2 Å². The maximum absolute atomic E-state index is 13.2. The monoisotopic (exact) mass is 469 g/mol. The number of nitrogens with one attached hydrogen (secondary N) is 2. The van der Waals surface area contributed by atoms with Crippen LogP contribution in [0.15, 0.2) is 87.5 Å². The highest BCUT2D eigenvalue weighted by molar-refractivity contribution is 7.99. The number of nitrogens with zero attached hydrogens (tertiary/aromatic N) is 1. The fourth-order valence-corrected chi connectivity index (χ4v) is 5.46. The number of sulfonamides is 1. The van der Waals surface area contributed by atoms with Gasteiger partial charge in [-0.3, -0.25) is 4.90 Å². The zero-order chi connectivity index (χ0) is 22.6. The van der Waals surface area contributed by atoms with Gasteiger partial charge in [0, 0.05) is 35.7 Å². The van der Waals surface area contributed by atoms with Gasteiger partial charge in [-0.25, -0.2) is 17.9 Å². The third-order valence-corrected chi connectivity index (χ3v) is 7.48. The molecule has 0 atom stereocenters. The summed E-state index contributed by atoms with van der Waals surface area (Å²) in [5.74, 6) is 0.